The van der Waals surface area contributed by atoms with Crippen LogP contribution in [0.2, 0.25) is 0 Å². The first-order valence-corrected chi connectivity index (χ1v) is 7.76. The number of hydrogen-bond acceptors (Lipinski definition) is 7. The van der Waals surface area contributed by atoms with Gasteiger partial charge in [-0.2, -0.15) is 5.10 Å². The third kappa shape index (κ3) is 2.71. The molecule has 0 radical (unpaired) electrons. The number of methoxy groups -OCH3 is 1. The Morgan fingerprint density at radius 3 is 2.72 bits per heavy atom. The van der Waals surface area contributed by atoms with E-state index < -0.39 is 11.7 Å². The lowest BCUT2D eigenvalue weighted by Crippen LogP contribution is -2.41. The van der Waals surface area contributed by atoms with Crippen LogP contribution >= 0.6 is 0 Å². The Kier molecular flexibility index (Phi) is 3.94. The number of carbonyl (C=O) groups is 2. The van der Waals surface area contributed by atoms with E-state index in [9.17, 15) is 9.59 Å². The molecule has 0 aliphatic carbocycles. The average Bonchev–Trinajstić information content (AvgIpc) is 3.08. The van der Waals surface area contributed by atoms with Gasteiger partial charge in [-0.3, -0.25) is 9.48 Å². The molecule has 1 atom stereocenters. The normalized spacial score (nSPS) is 19.9. The third-order valence-electron chi connectivity index (χ3n) is 4.42. The van der Waals surface area contributed by atoms with Crippen molar-refractivity contribution in [2.24, 2.45) is 18.0 Å². The fraction of sp³-hybridized carbons (Fsp3) is 0.438. The zero-order valence-electron chi connectivity index (χ0n) is 14.7. The van der Waals surface area contributed by atoms with E-state index in [0.29, 0.717) is 11.0 Å². The lowest BCUT2D eigenvalue weighted by molar-refractivity contribution is -0.124. The molecule has 2 aromatic heterocycles. The van der Waals surface area contributed by atoms with E-state index in [2.05, 4.69) is 25.1 Å². The first-order valence-electron chi connectivity index (χ1n) is 7.76. The van der Waals surface area contributed by atoms with E-state index in [4.69, 9.17) is 4.74 Å². The number of amides is 1. The van der Waals surface area contributed by atoms with Gasteiger partial charge in [0, 0.05) is 12.4 Å². The number of pyridine rings is 1. The molecule has 1 aliphatic heterocycles. The lowest BCUT2D eigenvalue weighted by atomic mass is 9.89. The Morgan fingerprint density at radius 1 is 1.40 bits per heavy atom. The van der Waals surface area contributed by atoms with Crippen LogP contribution in [0.1, 0.15) is 26.5 Å². The quantitative estimate of drug-likeness (QED) is 0.843. The Morgan fingerprint density at radius 2 is 2.12 bits per heavy atom. The molecule has 1 amide bonds. The molecule has 1 unspecified atom stereocenters. The minimum absolute atomic E-state index is 0.0181. The van der Waals surface area contributed by atoms with Gasteiger partial charge >= 0.3 is 6.16 Å². The molecule has 0 spiro atoms. The number of ether oxygens (including phenoxy) is 2. The molecule has 0 aromatic carbocycles. The second-order valence-electron chi connectivity index (χ2n) is 6.29. The van der Waals surface area contributed by atoms with Crippen molar-refractivity contribution in [2.45, 2.75) is 26.3 Å². The van der Waals surface area contributed by atoms with Crippen molar-refractivity contribution in [2.75, 3.05) is 7.11 Å². The highest BCUT2D eigenvalue weighted by molar-refractivity contribution is 6.16. The fourth-order valence-corrected chi connectivity index (χ4v) is 2.48. The summed E-state index contributed by atoms with van der Waals surface area (Å²) in [5.41, 5.74) is -0.0948. The van der Waals surface area contributed by atoms with Crippen molar-refractivity contribution in [3.8, 4) is 5.75 Å². The summed E-state index contributed by atoms with van der Waals surface area (Å²) in [4.78, 5) is 33.0. The van der Waals surface area contributed by atoms with Gasteiger partial charge in [-0.05, 0) is 18.9 Å². The maximum Gasteiger partial charge on any atom is 0.513 e. The summed E-state index contributed by atoms with van der Waals surface area (Å²) in [6.45, 7) is 5.58. The molecule has 132 valence electrons. The number of aryl methyl sites for hydroxylation is 1. The number of aromatic nitrogens is 3. The van der Waals surface area contributed by atoms with E-state index in [1.165, 1.54) is 7.11 Å². The smallest absolute Gasteiger partial charge is 0.437 e. The monoisotopic (exact) mass is 345 g/mol. The van der Waals surface area contributed by atoms with E-state index in [1.54, 1.807) is 30.9 Å². The van der Waals surface area contributed by atoms with Gasteiger partial charge in [-0.25, -0.2) is 14.8 Å². The van der Waals surface area contributed by atoms with Crippen molar-refractivity contribution in [1.82, 2.24) is 20.1 Å². The summed E-state index contributed by atoms with van der Waals surface area (Å²) in [6.07, 6.45) is 0.714. The third-order valence-corrected chi connectivity index (χ3v) is 4.42. The molecule has 9 nitrogen and oxygen atoms in total. The zero-order chi connectivity index (χ0) is 18.4. The highest BCUT2D eigenvalue weighted by Gasteiger charge is 2.43. The van der Waals surface area contributed by atoms with Crippen LogP contribution < -0.4 is 10.1 Å². The number of hydrogen-bond donors (Lipinski definition) is 1. The molecule has 0 saturated carbocycles. The fourth-order valence-electron chi connectivity index (χ4n) is 2.48. The molecule has 2 aromatic rings. The van der Waals surface area contributed by atoms with Gasteiger partial charge < -0.3 is 14.8 Å². The molecule has 1 aliphatic rings. The summed E-state index contributed by atoms with van der Waals surface area (Å²) in [5, 5.41) is 7.55. The van der Waals surface area contributed by atoms with Gasteiger partial charge in [0.2, 0.25) is 0 Å². The standard InChI is InChI=1S/C16H19N5O4/c1-8(2)16(3)14(22)19-12(20-16)11-10(25-15(23)24-5)6-9-7-17-21(4)13(9)18-11/h6-8H,1-5H3,(H,19,20,22). The molecular weight excluding hydrogens is 326 g/mol. The largest absolute Gasteiger partial charge is 0.513 e. The summed E-state index contributed by atoms with van der Waals surface area (Å²) in [7, 11) is 2.95. The topological polar surface area (TPSA) is 108 Å². The number of carbonyl (C=O) groups excluding carboxylic acids is 2. The molecule has 0 saturated heterocycles. The van der Waals surface area contributed by atoms with Crippen LogP contribution in [-0.4, -0.2) is 45.3 Å². The van der Waals surface area contributed by atoms with Crippen LogP contribution in [0.5, 0.6) is 5.75 Å². The predicted molar refractivity (Wildman–Crippen MR) is 89.5 cm³/mol. The minimum Gasteiger partial charge on any atom is -0.437 e. The number of fused-ring (bicyclic) bond motifs is 1. The van der Waals surface area contributed by atoms with Gasteiger partial charge in [-0.15, -0.1) is 0 Å². The summed E-state index contributed by atoms with van der Waals surface area (Å²) < 4.78 is 11.3. The molecule has 3 rings (SSSR count). The number of nitrogens with zero attached hydrogens (tertiary/aromatic N) is 4. The second kappa shape index (κ2) is 5.83. The van der Waals surface area contributed by atoms with Crippen molar-refractivity contribution >= 4 is 28.9 Å². The van der Waals surface area contributed by atoms with Gasteiger partial charge in [0.05, 0.1) is 13.3 Å². The zero-order valence-corrected chi connectivity index (χ0v) is 14.7. The second-order valence-corrected chi connectivity index (χ2v) is 6.29. The van der Waals surface area contributed by atoms with Crippen LogP contribution in [0.25, 0.3) is 11.0 Å². The van der Waals surface area contributed by atoms with Gasteiger partial charge in [0.1, 0.15) is 5.54 Å². The molecule has 9 heteroatoms. The van der Waals surface area contributed by atoms with Crippen LogP contribution in [0, 0.1) is 5.92 Å². The van der Waals surface area contributed by atoms with Crippen LogP contribution in [0.3, 0.4) is 0 Å². The minimum atomic E-state index is -0.916. The lowest BCUT2D eigenvalue weighted by Gasteiger charge is -2.21. The first kappa shape index (κ1) is 16.9. The van der Waals surface area contributed by atoms with Crippen LogP contribution in [0.15, 0.2) is 17.3 Å². The number of aliphatic imine (C=N–C) groups is 1. The molecule has 0 bridgehead atoms. The van der Waals surface area contributed by atoms with Crippen molar-refractivity contribution in [3.05, 3.63) is 18.0 Å². The van der Waals surface area contributed by atoms with Crippen LogP contribution in [0.4, 0.5) is 4.79 Å². The van der Waals surface area contributed by atoms with Gasteiger partial charge in [-0.1, -0.05) is 13.8 Å². The average molecular weight is 345 g/mol. The molecular formula is C16H19N5O4. The maximum atomic E-state index is 12.4. The maximum absolute atomic E-state index is 12.4. The highest BCUT2D eigenvalue weighted by Crippen LogP contribution is 2.30. The van der Waals surface area contributed by atoms with Gasteiger partial charge in [0.25, 0.3) is 5.91 Å². The summed E-state index contributed by atoms with van der Waals surface area (Å²) >= 11 is 0. The molecule has 25 heavy (non-hydrogen) atoms. The Balaban J connectivity index is 2.16. The number of rotatable bonds is 3. The number of nitrogens with one attached hydrogen (secondary N) is 1. The van der Waals surface area contributed by atoms with Crippen molar-refractivity contribution in [3.63, 3.8) is 0 Å². The van der Waals surface area contributed by atoms with E-state index in [0.717, 1.165) is 0 Å². The highest BCUT2D eigenvalue weighted by atomic mass is 16.7. The first-order chi connectivity index (χ1) is 11.8. The molecule has 1 N–H and O–H groups in total. The summed E-state index contributed by atoms with van der Waals surface area (Å²) in [6, 6.07) is 1.61. The van der Waals surface area contributed by atoms with Gasteiger partial charge in [0.15, 0.2) is 22.9 Å². The van der Waals surface area contributed by atoms with E-state index >= 15 is 0 Å². The molecule has 3 heterocycles. The SMILES string of the molecule is COC(=O)Oc1cc2cnn(C)c2nc1C1=NC(C)(C(C)C)C(=O)N1. The Bertz CT molecular complexity index is 901. The van der Waals surface area contributed by atoms with Crippen molar-refractivity contribution < 1.29 is 19.1 Å². The predicted octanol–water partition coefficient (Wildman–Crippen LogP) is 1.40. The molecule has 0 fully saturated rings. The Hall–Kier alpha value is -2.97. The van der Waals surface area contributed by atoms with E-state index in [1.807, 2.05) is 13.8 Å². The number of amidine groups is 1. The summed E-state index contributed by atoms with van der Waals surface area (Å²) in [5.74, 6) is 0.145. The van der Waals surface area contributed by atoms with E-state index in [-0.39, 0.29) is 29.1 Å². The van der Waals surface area contributed by atoms with Crippen molar-refractivity contribution in [1.29, 1.82) is 0 Å². The van der Waals surface area contributed by atoms with Crippen LogP contribution in [-0.2, 0) is 16.6 Å². The Labute approximate surface area is 144 Å².